The SMILES string of the molecule is CCNCC(C)Cc1ccc2cccnc2c1. The second-order valence-corrected chi connectivity index (χ2v) is 4.65. The standard InChI is InChI=1S/C15H20N2/c1-3-16-11-12(2)9-13-6-7-14-5-4-8-17-15(14)10-13/h4-8,10,12,16H,3,9,11H2,1-2H3. The summed E-state index contributed by atoms with van der Waals surface area (Å²) in [5.41, 5.74) is 2.47. The maximum absolute atomic E-state index is 4.40. The normalized spacial score (nSPS) is 12.8. The maximum atomic E-state index is 4.40. The van der Waals surface area contributed by atoms with Crippen LogP contribution in [0.5, 0.6) is 0 Å². The predicted molar refractivity (Wildman–Crippen MR) is 73.2 cm³/mol. The molecule has 2 rings (SSSR count). The average molecular weight is 228 g/mol. The lowest BCUT2D eigenvalue weighted by Gasteiger charge is -2.12. The Bertz CT molecular complexity index is 479. The minimum atomic E-state index is 0.663. The van der Waals surface area contributed by atoms with Crippen LogP contribution in [0.15, 0.2) is 36.5 Å². The number of nitrogens with one attached hydrogen (secondary N) is 1. The minimum absolute atomic E-state index is 0.663. The van der Waals surface area contributed by atoms with Gasteiger partial charge in [-0.3, -0.25) is 4.98 Å². The fraction of sp³-hybridized carbons (Fsp3) is 0.400. The number of rotatable bonds is 5. The average Bonchev–Trinajstić information content (AvgIpc) is 2.36. The van der Waals surface area contributed by atoms with E-state index in [1.54, 1.807) is 0 Å². The van der Waals surface area contributed by atoms with Crippen LogP contribution in [0.1, 0.15) is 19.4 Å². The summed E-state index contributed by atoms with van der Waals surface area (Å²) in [7, 11) is 0. The quantitative estimate of drug-likeness (QED) is 0.851. The van der Waals surface area contributed by atoms with Gasteiger partial charge in [-0.1, -0.05) is 32.0 Å². The molecule has 2 nitrogen and oxygen atoms in total. The highest BCUT2D eigenvalue weighted by Crippen LogP contribution is 2.15. The minimum Gasteiger partial charge on any atom is -0.317 e. The van der Waals surface area contributed by atoms with Gasteiger partial charge in [-0.15, -0.1) is 0 Å². The first-order chi connectivity index (χ1) is 8.29. The van der Waals surface area contributed by atoms with Gasteiger partial charge in [0.25, 0.3) is 0 Å². The van der Waals surface area contributed by atoms with Crippen molar-refractivity contribution >= 4 is 10.9 Å². The summed E-state index contributed by atoms with van der Waals surface area (Å²) in [4.78, 5) is 4.40. The van der Waals surface area contributed by atoms with Crippen LogP contribution in [0.3, 0.4) is 0 Å². The topological polar surface area (TPSA) is 24.9 Å². The van der Waals surface area contributed by atoms with Crippen molar-refractivity contribution in [2.75, 3.05) is 13.1 Å². The van der Waals surface area contributed by atoms with Gasteiger partial charge in [0.2, 0.25) is 0 Å². The molecule has 1 aromatic carbocycles. The zero-order valence-electron chi connectivity index (χ0n) is 10.6. The third-order valence-electron chi connectivity index (χ3n) is 3.00. The van der Waals surface area contributed by atoms with Gasteiger partial charge in [-0.25, -0.2) is 0 Å². The molecule has 0 saturated carbocycles. The number of benzene rings is 1. The van der Waals surface area contributed by atoms with E-state index in [1.165, 1.54) is 10.9 Å². The summed E-state index contributed by atoms with van der Waals surface area (Å²) in [6.45, 7) is 6.55. The largest absolute Gasteiger partial charge is 0.317 e. The Labute approximate surface area is 103 Å². The molecule has 1 N–H and O–H groups in total. The lowest BCUT2D eigenvalue weighted by molar-refractivity contribution is 0.521. The second-order valence-electron chi connectivity index (χ2n) is 4.65. The smallest absolute Gasteiger partial charge is 0.0704 e. The molecular formula is C15H20N2. The number of hydrogen-bond acceptors (Lipinski definition) is 2. The molecule has 0 aliphatic heterocycles. The number of aromatic nitrogens is 1. The molecule has 0 aliphatic rings. The molecule has 1 aromatic heterocycles. The van der Waals surface area contributed by atoms with Crippen LogP contribution >= 0.6 is 0 Å². The van der Waals surface area contributed by atoms with Crippen LogP contribution in [0.2, 0.25) is 0 Å². The van der Waals surface area contributed by atoms with Crippen molar-refractivity contribution in [3.8, 4) is 0 Å². The van der Waals surface area contributed by atoms with Gasteiger partial charge in [-0.2, -0.15) is 0 Å². The Balaban J connectivity index is 2.08. The summed E-state index contributed by atoms with van der Waals surface area (Å²) >= 11 is 0. The summed E-state index contributed by atoms with van der Waals surface area (Å²) in [5, 5.41) is 4.61. The van der Waals surface area contributed by atoms with Gasteiger partial charge in [0.1, 0.15) is 0 Å². The van der Waals surface area contributed by atoms with Crippen LogP contribution in [0.25, 0.3) is 10.9 Å². The molecule has 90 valence electrons. The van der Waals surface area contributed by atoms with Gasteiger partial charge < -0.3 is 5.32 Å². The fourth-order valence-corrected chi connectivity index (χ4v) is 2.10. The molecule has 0 saturated heterocycles. The zero-order valence-corrected chi connectivity index (χ0v) is 10.6. The lowest BCUT2D eigenvalue weighted by atomic mass is 10.00. The van der Waals surface area contributed by atoms with E-state index < -0.39 is 0 Å². The second kappa shape index (κ2) is 5.78. The molecule has 0 bridgehead atoms. The first kappa shape index (κ1) is 12.1. The lowest BCUT2D eigenvalue weighted by Crippen LogP contribution is -2.21. The molecule has 0 spiro atoms. The van der Waals surface area contributed by atoms with Crippen LogP contribution < -0.4 is 5.32 Å². The monoisotopic (exact) mass is 228 g/mol. The van der Waals surface area contributed by atoms with Crippen LogP contribution in [-0.4, -0.2) is 18.1 Å². The predicted octanol–water partition coefficient (Wildman–Crippen LogP) is 3.02. The summed E-state index contributed by atoms with van der Waals surface area (Å²) in [6, 6.07) is 10.7. The van der Waals surface area contributed by atoms with E-state index in [9.17, 15) is 0 Å². The third kappa shape index (κ3) is 3.27. The van der Waals surface area contributed by atoms with Crippen molar-refractivity contribution in [3.05, 3.63) is 42.1 Å². The summed E-state index contributed by atoms with van der Waals surface area (Å²) < 4.78 is 0. The highest BCUT2D eigenvalue weighted by atomic mass is 14.8. The Morgan fingerprint density at radius 1 is 1.29 bits per heavy atom. The van der Waals surface area contributed by atoms with Gasteiger partial charge in [0, 0.05) is 11.6 Å². The molecule has 0 fully saturated rings. The van der Waals surface area contributed by atoms with Gasteiger partial charge in [-0.05, 0) is 43.1 Å². The molecule has 1 unspecified atom stereocenters. The Morgan fingerprint density at radius 2 is 2.18 bits per heavy atom. The Kier molecular flexibility index (Phi) is 4.10. The molecule has 17 heavy (non-hydrogen) atoms. The zero-order chi connectivity index (χ0) is 12.1. The Morgan fingerprint density at radius 3 is 3.00 bits per heavy atom. The molecule has 2 aromatic rings. The fourth-order valence-electron chi connectivity index (χ4n) is 2.10. The van der Waals surface area contributed by atoms with Crippen LogP contribution in [0, 0.1) is 5.92 Å². The van der Waals surface area contributed by atoms with Gasteiger partial charge in [0.15, 0.2) is 0 Å². The Hall–Kier alpha value is -1.41. The molecule has 0 radical (unpaired) electrons. The molecule has 0 amide bonds. The molecule has 1 heterocycles. The van der Waals surface area contributed by atoms with Crippen molar-refractivity contribution in [2.24, 2.45) is 5.92 Å². The van der Waals surface area contributed by atoms with E-state index in [-0.39, 0.29) is 0 Å². The van der Waals surface area contributed by atoms with E-state index in [1.807, 2.05) is 12.3 Å². The van der Waals surface area contributed by atoms with E-state index in [2.05, 4.69) is 48.4 Å². The van der Waals surface area contributed by atoms with Crippen molar-refractivity contribution in [2.45, 2.75) is 20.3 Å². The molecule has 0 aliphatic carbocycles. The molecule has 2 heteroatoms. The van der Waals surface area contributed by atoms with Crippen LogP contribution in [0.4, 0.5) is 0 Å². The molecule has 1 atom stereocenters. The third-order valence-corrected chi connectivity index (χ3v) is 3.00. The van der Waals surface area contributed by atoms with Crippen LogP contribution in [-0.2, 0) is 6.42 Å². The van der Waals surface area contributed by atoms with E-state index >= 15 is 0 Å². The maximum Gasteiger partial charge on any atom is 0.0704 e. The first-order valence-electron chi connectivity index (χ1n) is 6.34. The number of fused-ring (bicyclic) bond motifs is 1. The number of hydrogen-bond donors (Lipinski definition) is 1. The highest BCUT2D eigenvalue weighted by Gasteiger charge is 2.04. The van der Waals surface area contributed by atoms with E-state index in [4.69, 9.17) is 0 Å². The van der Waals surface area contributed by atoms with E-state index in [0.29, 0.717) is 5.92 Å². The number of nitrogens with zero attached hydrogens (tertiary/aromatic N) is 1. The summed E-state index contributed by atoms with van der Waals surface area (Å²) in [5.74, 6) is 0.663. The molecular weight excluding hydrogens is 208 g/mol. The van der Waals surface area contributed by atoms with Crippen molar-refractivity contribution < 1.29 is 0 Å². The first-order valence-corrected chi connectivity index (χ1v) is 6.34. The number of pyridine rings is 1. The van der Waals surface area contributed by atoms with Gasteiger partial charge in [0.05, 0.1) is 5.52 Å². The van der Waals surface area contributed by atoms with Gasteiger partial charge >= 0.3 is 0 Å². The highest BCUT2D eigenvalue weighted by molar-refractivity contribution is 5.78. The van der Waals surface area contributed by atoms with Crippen molar-refractivity contribution in [1.29, 1.82) is 0 Å². The van der Waals surface area contributed by atoms with E-state index in [0.717, 1.165) is 25.0 Å². The summed E-state index contributed by atoms with van der Waals surface area (Å²) in [6.07, 6.45) is 2.97. The van der Waals surface area contributed by atoms with Crippen molar-refractivity contribution in [1.82, 2.24) is 10.3 Å². The van der Waals surface area contributed by atoms with Crippen molar-refractivity contribution in [3.63, 3.8) is 0 Å².